The molecule has 0 radical (unpaired) electrons. The molecule has 1 amide bonds. The second-order valence-electron chi connectivity index (χ2n) is 8.34. The smallest absolute Gasteiger partial charge is 0.295 e. The van der Waals surface area contributed by atoms with E-state index in [0.717, 1.165) is 5.56 Å². The van der Waals surface area contributed by atoms with Gasteiger partial charge in [-0.25, -0.2) is 4.39 Å². The van der Waals surface area contributed by atoms with Gasteiger partial charge in [-0.05, 0) is 54.4 Å². The number of rotatable bonds is 8. The van der Waals surface area contributed by atoms with Gasteiger partial charge in [0.15, 0.2) is 0 Å². The molecule has 7 heteroatoms. The normalized spacial score (nSPS) is 17.1. The Kier molecular flexibility index (Phi) is 7.27. The lowest BCUT2D eigenvalue weighted by Gasteiger charge is -2.25. The minimum absolute atomic E-state index is 0.0500. The van der Waals surface area contributed by atoms with Crippen LogP contribution in [0.4, 0.5) is 4.39 Å². The highest BCUT2D eigenvalue weighted by molar-refractivity contribution is 6.46. The van der Waals surface area contributed by atoms with Gasteiger partial charge < -0.3 is 19.5 Å². The Morgan fingerprint density at radius 1 is 0.971 bits per heavy atom. The average Bonchev–Trinajstić information content (AvgIpc) is 3.12. The summed E-state index contributed by atoms with van der Waals surface area (Å²) in [5.41, 5.74) is 3.04. The summed E-state index contributed by atoms with van der Waals surface area (Å²) in [6.07, 6.45) is 0. The standard InChI is InChI=1S/C28H26FNO5/c1-18-3-5-19(6-4-18)17-35-23-13-9-20(10-14-23)25-24(26(31)21-7-11-22(29)12-8-21)27(32)28(33)30(25)15-16-34-2/h3-14,25,31H,15-17H2,1-2H3/b26-24-. The summed E-state index contributed by atoms with van der Waals surface area (Å²) in [4.78, 5) is 27.2. The molecule has 0 spiro atoms. The number of carbonyl (C=O) groups excluding carboxylic acids is 2. The molecule has 3 aromatic rings. The van der Waals surface area contributed by atoms with Crippen LogP contribution in [0.25, 0.3) is 5.76 Å². The van der Waals surface area contributed by atoms with Gasteiger partial charge in [0.05, 0.1) is 18.2 Å². The topological polar surface area (TPSA) is 76.1 Å². The number of halogens is 1. The van der Waals surface area contributed by atoms with E-state index in [0.29, 0.717) is 17.9 Å². The van der Waals surface area contributed by atoms with Crippen molar-refractivity contribution in [2.75, 3.05) is 20.3 Å². The van der Waals surface area contributed by atoms with E-state index in [1.807, 2.05) is 31.2 Å². The second kappa shape index (κ2) is 10.5. The monoisotopic (exact) mass is 475 g/mol. The molecule has 0 aromatic heterocycles. The fourth-order valence-electron chi connectivity index (χ4n) is 4.01. The molecule has 0 bridgehead atoms. The zero-order valence-electron chi connectivity index (χ0n) is 19.5. The van der Waals surface area contributed by atoms with Crippen molar-refractivity contribution in [1.82, 2.24) is 4.90 Å². The van der Waals surface area contributed by atoms with Crippen molar-refractivity contribution in [3.05, 3.63) is 106 Å². The molecule has 1 unspecified atom stereocenters. The molecule has 1 N–H and O–H groups in total. The first kappa shape index (κ1) is 24.2. The minimum atomic E-state index is -0.818. The predicted octanol–water partition coefficient (Wildman–Crippen LogP) is 4.78. The van der Waals surface area contributed by atoms with E-state index < -0.39 is 23.5 Å². The van der Waals surface area contributed by atoms with Crippen LogP contribution in [-0.2, 0) is 20.9 Å². The van der Waals surface area contributed by atoms with Crippen LogP contribution in [0.5, 0.6) is 5.75 Å². The fraction of sp³-hybridized carbons (Fsp3) is 0.214. The number of ether oxygens (including phenoxy) is 2. The summed E-state index contributed by atoms with van der Waals surface area (Å²) in [5, 5.41) is 11.0. The second-order valence-corrected chi connectivity index (χ2v) is 8.34. The molecule has 6 nitrogen and oxygen atoms in total. The van der Waals surface area contributed by atoms with Crippen molar-refractivity contribution < 1.29 is 28.6 Å². The van der Waals surface area contributed by atoms with Crippen molar-refractivity contribution in [3.8, 4) is 5.75 Å². The maximum atomic E-state index is 13.4. The maximum absolute atomic E-state index is 13.4. The number of Topliss-reactive ketones (excluding diaryl/α,β-unsaturated/α-hetero) is 1. The Morgan fingerprint density at radius 2 is 1.63 bits per heavy atom. The van der Waals surface area contributed by atoms with E-state index in [1.54, 1.807) is 24.3 Å². The van der Waals surface area contributed by atoms with E-state index in [2.05, 4.69) is 0 Å². The van der Waals surface area contributed by atoms with Gasteiger partial charge in [-0.15, -0.1) is 0 Å². The number of nitrogens with zero attached hydrogens (tertiary/aromatic N) is 1. The molecule has 4 rings (SSSR count). The van der Waals surface area contributed by atoms with Crippen LogP contribution in [0.15, 0.2) is 78.4 Å². The molecular weight excluding hydrogens is 449 g/mol. The van der Waals surface area contributed by atoms with Crippen molar-refractivity contribution >= 4 is 17.4 Å². The van der Waals surface area contributed by atoms with Crippen LogP contribution < -0.4 is 4.74 Å². The van der Waals surface area contributed by atoms with Crippen LogP contribution in [0.3, 0.4) is 0 Å². The summed E-state index contributed by atoms with van der Waals surface area (Å²) >= 11 is 0. The number of methoxy groups -OCH3 is 1. The Hall–Kier alpha value is -3.97. The van der Waals surface area contributed by atoms with Crippen LogP contribution in [-0.4, -0.2) is 42.0 Å². The first-order valence-corrected chi connectivity index (χ1v) is 11.2. The first-order chi connectivity index (χ1) is 16.9. The molecule has 1 fully saturated rings. The van der Waals surface area contributed by atoms with Crippen LogP contribution in [0.2, 0.25) is 0 Å². The van der Waals surface area contributed by atoms with Crippen molar-refractivity contribution in [2.45, 2.75) is 19.6 Å². The summed E-state index contributed by atoms with van der Waals surface area (Å²) in [5.74, 6) is -1.72. The largest absolute Gasteiger partial charge is 0.507 e. The Labute approximate surface area is 203 Å². The number of ketones is 1. The van der Waals surface area contributed by atoms with Gasteiger partial charge in [0.1, 0.15) is 23.9 Å². The molecule has 1 aliphatic rings. The molecular formula is C28H26FNO5. The SMILES string of the molecule is COCCN1C(=O)C(=O)/C(=C(\O)c2ccc(F)cc2)C1c1ccc(OCc2ccc(C)cc2)cc1. The number of hydrogen-bond donors (Lipinski definition) is 1. The first-order valence-electron chi connectivity index (χ1n) is 11.2. The molecule has 0 saturated carbocycles. The number of benzene rings is 3. The highest BCUT2D eigenvalue weighted by Gasteiger charge is 2.45. The minimum Gasteiger partial charge on any atom is -0.507 e. The van der Waals surface area contributed by atoms with Gasteiger partial charge >= 0.3 is 0 Å². The Bertz CT molecular complexity index is 1230. The van der Waals surface area contributed by atoms with E-state index in [1.165, 1.54) is 41.8 Å². The van der Waals surface area contributed by atoms with Gasteiger partial charge in [-0.1, -0.05) is 42.0 Å². The van der Waals surface area contributed by atoms with Crippen molar-refractivity contribution in [3.63, 3.8) is 0 Å². The number of amides is 1. The number of likely N-dealkylation sites (tertiary alicyclic amines) is 1. The van der Waals surface area contributed by atoms with E-state index in [-0.39, 0.29) is 30.0 Å². The molecule has 1 saturated heterocycles. The average molecular weight is 476 g/mol. The molecule has 1 atom stereocenters. The van der Waals surface area contributed by atoms with E-state index >= 15 is 0 Å². The van der Waals surface area contributed by atoms with Crippen molar-refractivity contribution in [2.24, 2.45) is 0 Å². The number of aryl methyl sites for hydroxylation is 1. The summed E-state index contributed by atoms with van der Waals surface area (Å²) < 4.78 is 24.4. The third kappa shape index (κ3) is 5.25. The third-order valence-electron chi connectivity index (χ3n) is 5.92. The number of hydrogen-bond acceptors (Lipinski definition) is 5. The highest BCUT2D eigenvalue weighted by Crippen LogP contribution is 2.39. The van der Waals surface area contributed by atoms with Gasteiger partial charge in [0.2, 0.25) is 0 Å². The number of aliphatic hydroxyl groups is 1. The zero-order valence-corrected chi connectivity index (χ0v) is 19.5. The molecule has 1 heterocycles. The lowest BCUT2D eigenvalue weighted by Crippen LogP contribution is -2.32. The fourth-order valence-corrected chi connectivity index (χ4v) is 4.01. The number of carbonyl (C=O) groups is 2. The van der Waals surface area contributed by atoms with Gasteiger partial charge in [-0.3, -0.25) is 9.59 Å². The highest BCUT2D eigenvalue weighted by atomic mass is 19.1. The van der Waals surface area contributed by atoms with Crippen LogP contribution in [0.1, 0.15) is 28.3 Å². The van der Waals surface area contributed by atoms with E-state index in [4.69, 9.17) is 9.47 Å². The molecule has 1 aliphatic heterocycles. The summed E-state index contributed by atoms with van der Waals surface area (Å²) in [6, 6.07) is 19.4. The lowest BCUT2D eigenvalue weighted by atomic mass is 9.95. The molecule has 3 aromatic carbocycles. The van der Waals surface area contributed by atoms with Crippen molar-refractivity contribution in [1.29, 1.82) is 0 Å². The van der Waals surface area contributed by atoms with Gasteiger partial charge in [-0.2, -0.15) is 0 Å². The van der Waals surface area contributed by atoms with Crippen LogP contribution in [0, 0.1) is 12.7 Å². The molecule has 180 valence electrons. The van der Waals surface area contributed by atoms with Crippen LogP contribution >= 0.6 is 0 Å². The Morgan fingerprint density at radius 3 is 2.26 bits per heavy atom. The summed E-state index contributed by atoms with van der Waals surface area (Å²) in [7, 11) is 1.50. The third-order valence-corrected chi connectivity index (χ3v) is 5.92. The maximum Gasteiger partial charge on any atom is 0.295 e. The number of aliphatic hydroxyl groups excluding tert-OH is 1. The summed E-state index contributed by atoms with van der Waals surface area (Å²) in [6.45, 7) is 2.81. The quantitative estimate of drug-likeness (QED) is 0.288. The Balaban J connectivity index is 1.65. The van der Waals surface area contributed by atoms with Gasteiger partial charge in [0, 0.05) is 19.2 Å². The predicted molar refractivity (Wildman–Crippen MR) is 129 cm³/mol. The lowest BCUT2D eigenvalue weighted by molar-refractivity contribution is -0.140. The molecule has 0 aliphatic carbocycles. The van der Waals surface area contributed by atoms with E-state index in [9.17, 15) is 19.1 Å². The zero-order chi connectivity index (χ0) is 24.9. The molecule has 35 heavy (non-hydrogen) atoms. The van der Waals surface area contributed by atoms with Gasteiger partial charge in [0.25, 0.3) is 11.7 Å².